The zero-order chi connectivity index (χ0) is 12.0. The summed E-state index contributed by atoms with van der Waals surface area (Å²) in [4.78, 5) is 0. The van der Waals surface area contributed by atoms with E-state index in [1.165, 1.54) is 0 Å². The molecule has 0 aliphatic heterocycles. The van der Waals surface area contributed by atoms with Crippen LogP contribution in [0.25, 0.3) is 0 Å². The second-order valence-electron chi connectivity index (χ2n) is 2.14. The van der Waals surface area contributed by atoms with E-state index in [4.69, 9.17) is 0 Å². The smallest absolute Gasteiger partial charge is 0.198 e. The van der Waals surface area contributed by atoms with E-state index in [2.05, 4.69) is 58.0 Å². The maximum Gasteiger partial charge on any atom is 0.427 e. The first-order chi connectivity index (χ1) is 5.75. The second kappa shape index (κ2) is 3.84. The molecule has 0 N–H and O–H groups in total. The fourth-order valence-electron chi connectivity index (χ4n) is 0.356. The standard InChI is InChI=1S/C4Cl5F5/c5-1(6,4(12,13)14)2(10,11)3(7,8)9. The van der Waals surface area contributed by atoms with Crippen molar-refractivity contribution in [3.05, 3.63) is 0 Å². The second-order valence-corrected chi connectivity index (χ2v) is 5.75. The molecule has 0 spiro atoms. The molecule has 0 saturated heterocycles. The highest BCUT2D eigenvalue weighted by Gasteiger charge is 2.75. The van der Waals surface area contributed by atoms with Gasteiger partial charge in [-0.1, -0.05) is 58.0 Å². The Hall–Kier alpha value is 1.10. The van der Waals surface area contributed by atoms with Crippen molar-refractivity contribution in [3.8, 4) is 0 Å². The predicted octanol–water partition coefficient (Wildman–Crippen LogP) is 4.73. The van der Waals surface area contributed by atoms with Crippen molar-refractivity contribution in [2.24, 2.45) is 0 Å². The Kier molecular flexibility index (Phi) is 4.14. The van der Waals surface area contributed by atoms with Gasteiger partial charge in [0.1, 0.15) is 0 Å². The van der Waals surface area contributed by atoms with Crippen LogP contribution in [0, 0.1) is 0 Å². The minimum absolute atomic E-state index is 3.56. The molecule has 0 saturated carbocycles. The van der Waals surface area contributed by atoms with Gasteiger partial charge in [0.05, 0.1) is 0 Å². The van der Waals surface area contributed by atoms with Gasteiger partial charge >= 0.3 is 12.1 Å². The third-order valence-electron chi connectivity index (χ3n) is 1.11. The lowest BCUT2D eigenvalue weighted by molar-refractivity contribution is -0.196. The van der Waals surface area contributed by atoms with E-state index in [-0.39, 0.29) is 0 Å². The molecule has 0 nitrogen and oxygen atoms in total. The number of alkyl halides is 10. The van der Waals surface area contributed by atoms with Gasteiger partial charge in [-0.3, -0.25) is 0 Å². The largest absolute Gasteiger partial charge is 0.427 e. The van der Waals surface area contributed by atoms with Crippen LogP contribution < -0.4 is 0 Å². The topological polar surface area (TPSA) is 0 Å². The first-order valence-electron chi connectivity index (χ1n) is 2.64. The van der Waals surface area contributed by atoms with E-state index < -0.39 is 20.2 Å². The number of hydrogen-bond donors (Lipinski definition) is 0. The molecular formula is C4Cl5F5. The van der Waals surface area contributed by atoms with Gasteiger partial charge in [-0.2, -0.15) is 22.0 Å². The minimum atomic E-state index is -5.64. The van der Waals surface area contributed by atoms with Crippen molar-refractivity contribution in [2.75, 3.05) is 0 Å². The maximum absolute atomic E-state index is 12.8. The van der Waals surface area contributed by atoms with Gasteiger partial charge in [-0.05, 0) is 0 Å². The van der Waals surface area contributed by atoms with Crippen LogP contribution in [-0.2, 0) is 0 Å². The zero-order valence-corrected chi connectivity index (χ0v) is 9.56. The van der Waals surface area contributed by atoms with Crippen LogP contribution in [0.1, 0.15) is 0 Å². The normalized spacial score (nSPS) is 15.9. The van der Waals surface area contributed by atoms with Crippen molar-refractivity contribution in [3.63, 3.8) is 0 Å². The van der Waals surface area contributed by atoms with Gasteiger partial charge < -0.3 is 0 Å². The van der Waals surface area contributed by atoms with Crippen molar-refractivity contribution < 1.29 is 22.0 Å². The highest BCUT2D eigenvalue weighted by molar-refractivity contribution is 6.69. The molecule has 0 radical (unpaired) electrons. The van der Waals surface area contributed by atoms with Crippen LogP contribution in [-0.4, -0.2) is 20.2 Å². The third kappa shape index (κ3) is 2.43. The van der Waals surface area contributed by atoms with Crippen LogP contribution in [0.2, 0.25) is 0 Å². The van der Waals surface area contributed by atoms with Crippen LogP contribution in [0.4, 0.5) is 22.0 Å². The summed E-state index contributed by atoms with van der Waals surface area (Å²) in [6, 6.07) is 0. The molecule has 0 fully saturated rings. The molecule has 0 rings (SSSR count). The van der Waals surface area contributed by atoms with E-state index in [1.807, 2.05) is 0 Å². The summed E-state index contributed by atoms with van der Waals surface area (Å²) in [7, 11) is 0. The fraction of sp³-hybridized carbons (Fsp3) is 1.00. The van der Waals surface area contributed by atoms with Crippen molar-refractivity contribution in [2.45, 2.75) is 20.2 Å². The molecule has 0 aromatic carbocycles. The molecule has 10 heteroatoms. The fourth-order valence-corrected chi connectivity index (χ4v) is 1.35. The number of halogens is 10. The first kappa shape index (κ1) is 15.1. The molecule has 0 aliphatic carbocycles. The molecule has 0 aromatic rings. The average molecular weight is 320 g/mol. The van der Waals surface area contributed by atoms with Gasteiger partial charge in [0.15, 0.2) is 0 Å². The monoisotopic (exact) mass is 318 g/mol. The Morgan fingerprint density at radius 3 is 1.00 bits per heavy atom. The van der Waals surface area contributed by atoms with Gasteiger partial charge in [-0.15, -0.1) is 0 Å². The van der Waals surface area contributed by atoms with E-state index in [9.17, 15) is 22.0 Å². The Balaban J connectivity index is 5.30. The minimum Gasteiger partial charge on any atom is -0.198 e. The summed E-state index contributed by atoms with van der Waals surface area (Å²) in [5.74, 6) is -4.98. The van der Waals surface area contributed by atoms with Crippen molar-refractivity contribution >= 4 is 58.0 Å². The summed E-state index contributed by atoms with van der Waals surface area (Å²) >= 11 is 22.7. The molecule has 86 valence electrons. The Morgan fingerprint density at radius 1 is 0.643 bits per heavy atom. The molecule has 0 bridgehead atoms. The Bertz CT molecular complexity index is 191. The summed E-state index contributed by atoms with van der Waals surface area (Å²) in [6.07, 6.45) is -5.64. The van der Waals surface area contributed by atoms with E-state index in [0.717, 1.165) is 0 Å². The molecular weight excluding hydrogens is 320 g/mol. The molecule has 0 amide bonds. The average Bonchev–Trinajstić information content (AvgIpc) is 1.81. The van der Waals surface area contributed by atoms with Crippen molar-refractivity contribution in [1.82, 2.24) is 0 Å². The molecule has 0 aliphatic rings. The van der Waals surface area contributed by atoms with E-state index in [0.29, 0.717) is 0 Å². The van der Waals surface area contributed by atoms with Crippen LogP contribution >= 0.6 is 58.0 Å². The maximum atomic E-state index is 12.8. The summed E-state index contributed by atoms with van der Waals surface area (Å²) < 4.78 is 53.4. The lowest BCUT2D eigenvalue weighted by Gasteiger charge is -2.35. The van der Waals surface area contributed by atoms with Gasteiger partial charge in [0.25, 0.3) is 8.13 Å². The van der Waals surface area contributed by atoms with Crippen LogP contribution in [0.3, 0.4) is 0 Å². The predicted molar refractivity (Wildman–Crippen MR) is 45.7 cm³/mol. The highest BCUT2D eigenvalue weighted by Crippen LogP contribution is 2.58. The molecule has 0 aromatic heterocycles. The van der Waals surface area contributed by atoms with Gasteiger partial charge in [0.2, 0.25) is 0 Å². The van der Waals surface area contributed by atoms with E-state index >= 15 is 0 Å². The molecule has 0 unspecified atom stereocenters. The molecule has 0 atom stereocenters. The SMILES string of the molecule is FC(F)(F)C(Cl)(Cl)C(F)(F)C(Cl)(Cl)Cl. The Labute approximate surface area is 100 Å². The van der Waals surface area contributed by atoms with Gasteiger partial charge in [0, 0.05) is 0 Å². The van der Waals surface area contributed by atoms with Crippen molar-refractivity contribution in [1.29, 1.82) is 0 Å². The van der Waals surface area contributed by atoms with Gasteiger partial charge in [-0.25, -0.2) is 0 Å². The number of hydrogen-bond acceptors (Lipinski definition) is 0. The van der Waals surface area contributed by atoms with E-state index in [1.54, 1.807) is 0 Å². The van der Waals surface area contributed by atoms with Crippen LogP contribution in [0.15, 0.2) is 0 Å². The Morgan fingerprint density at radius 2 is 0.929 bits per heavy atom. The summed E-state index contributed by atoms with van der Waals surface area (Å²) in [5, 5.41) is 0. The summed E-state index contributed by atoms with van der Waals surface area (Å²) in [6.45, 7) is 0. The lowest BCUT2D eigenvalue weighted by atomic mass is 10.2. The van der Waals surface area contributed by atoms with Crippen LogP contribution in [0.5, 0.6) is 0 Å². The summed E-state index contributed by atoms with van der Waals surface area (Å²) in [5.41, 5.74) is 0. The first-order valence-corrected chi connectivity index (χ1v) is 4.53. The lowest BCUT2D eigenvalue weighted by Crippen LogP contribution is -2.56. The zero-order valence-electron chi connectivity index (χ0n) is 5.78. The molecule has 0 heterocycles. The number of rotatable bonds is 1. The molecule has 14 heavy (non-hydrogen) atoms. The quantitative estimate of drug-likeness (QED) is 0.484. The highest BCUT2D eigenvalue weighted by atomic mass is 35.6. The third-order valence-corrected chi connectivity index (χ3v) is 2.72.